The van der Waals surface area contributed by atoms with Crippen molar-refractivity contribution in [2.45, 2.75) is 19.3 Å². The molecule has 2 aromatic rings. The fourth-order valence-corrected chi connectivity index (χ4v) is 3.33. The van der Waals surface area contributed by atoms with Gasteiger partial charge in [0.2, 0.25) is 0 Å². The molecule has 1 aliphatic rings. The van der Waals surface area contributed by atoms with E-state index in [-0.39, 0.29) is 18.3 Å². The standard InChI is InChI=1S/C22H24F3N3O4/c1-15-2-4-16(5-3-15)19(28-10-12-31-13-11-28)14-26-20(29)21(30)27-17-6-8-18(9-7-17)32-22(23,24)25/h2-9,19H,10-14H2,1H3,(H,26,29)(H,27,30)/t19-/m1/s1. The Balaban J connectivity index is 1.59. The van der Waals surface area contributed by atoms with E-state index in [0.717, 1.165) is 23.3 Å². The molecule has 1 aliphatic heterocycles. The van der Waals surface area contributed by atoms with Crippen LogP contribution in [0.15, 0.2) is 48.5 Å². The van der Waals surface area contributed by atoms with Gasteiger partial charge in [0, 0.05) is 25.3 Å². The van der Waals surface area contributed by atoms with E-state index in [2.05, 4.69) is 20.3 Å². The number of nitrogens with zero attached hydrogens (tertiary/aromatic N) is 1. The molecule has 2 aromatic carbocycles. The first-order valence-corrected chi connectivity index (χ1v) is 10.0. The number of amides is 2. The van der Waals surface area contributed by atoms with E-state index < -0.39 is 23.9 Å². The fourth-order valence-electron chi connectivity index (χ4n) is 3.33. The zero-order valence-electron chi connectivity index (χ0n) is 17.4. The number of nitrogens with one attached hydrogen (secondary N) is 2. The first kappa shape index (κ1) is 23.6. The molecule has 0 unspecified atom stereocenters. The van der Waals surface area contributed by atoms with Gasteiger partial charge in [-0.15, -0.1) is 13.2 Å². The number of morpholine rings is 1. The van der Waals surface area contributed by atoms with Crippen molar-refractivity contribution in [3.8, 4) is 5.75 Å². The normalized spacial score (nSPS) is 15.6. The van der Waals surface area contributed by atoms with Crippen molar-refractivity contribution in [3.05, 3.63) is 59.7 Å². The number of alkyl halides is 3. The molecule has 7 nitrogen and oxygen atoms in total. The van der Waals surface area contributed by atoms with Gasteiger partial charge in [-0.05, 0) is 36.8 Å². The molecule has 2 N–H and O–H groups in total. The van der Waals surface area contributed by atoms with Crippen LogP contribution >= 0.6 is 0 Å². The third-order valence-corrected chi connectivity index (χ3v) is 4.96. The third-order valence-electron chi connectivity index (χ3n) is 4.96. The Hall–Kier alpha value is -3.11. The summed E-state index contributed by atoms with van der Waals surface area (Å²) in [6, 6.07) is 12.4. The molecular formula is C22H24F3N3O4. The second kappa shape index (κ2) is 10.5. The molecule has 0 aromatic heterocycles. The second-order valence-corrected chi connectivity index (χ2v) is 7.31. The number of ether oxygens (including phenoxy) is 2. The Bertz CT molecular complexity index is 912. The predicted molar refractivity (Wildman–Crippen MR) is 111 cm³/mol. The molecule has 1 fully saturated rings. The Morgan fingerprint density at radius 2 is 1.66 bits per heavy atom. The van der Waals surface area contributed by atoms with Gasteiger partial charge in [-0.25, -0.2) is 0 Å². The summed E-state index contributed by atoms with van der Waals surface area (Å²) in [4.78, 5) is 26.7. The van der Waals surface area contributed by atoms with E-state index in [9.17, 15) is 22.8 Å². The smallest absolute Gasteiger partial charge is 0.406 e. The zero-order valence-corrected chi connectivity index (χ0v) is 17.4. The maximum atomic E-state index is 12.3. The number of rotatable bonds is 6. The summed E-state index contributed by atoms with van der Waals surface area (Å²) in [5.74, 6) is -2.18. The second-order valence-electron chi connectivity index (χ2n) is 7.31. The van der Waals surface area contributed by atoms with Crippen LogP contribution < -0.4 is 15.4 Å². The molecule has 0 radical (unpaired) electrons. The number of anilines is 1. The molecule has 10 heteroatoms. The molecule has 172 valence electrons. The van der Waals surface area contributed by atoms with Gasteiger partial charge >= 0.3 is 18.2 Å². The van der Waals surface area contributed by atoms with Gasteiger partial charge in [-0.1, -0.05) is 29.8 Å². The molecule has 0 saturated carbocycles. The van der Waals surface area contributed by atoms with Crippen molar-refractivity contribution in [2.75, 3.05) is 38.2 Å². The Morgan fingerprint density at radius 3 is 2.25 bits per heavy atom. The van der Waals surface area contributed by atoms with Crippen molar-refractivity contribution in [1.82, 2.24) is 10.2 Å². The first-order valence-electron chi connectivity index (χ1n) is 10.0. The van der Waals surface area contributed by atoms with Gasteiger partial charge in [0.15, 0.2) is 0 Å². The van der Waals surface area contributed by atoms with Crippen molar-refractivity contribution in [2.24, 2.45) is 0 Å². The molecule has 3 rings (SSSR count). The highest BCUT2D eigenvalue weighted by Gasteiger charge is 2.31. The van der Waals surface area contributed by atoms with Gasteiger partial charge in [0.25, 0.3) is 0 Å². The maximum Gasteiger partial charge on any atom is 0.573 e. The van der Waals surface area contributed by atoms with Crippen molar-refractivity contribution >= 4 is 17.5 Å². The van der Waals surface area contributed by atoms with Gasteiger partial charge < -0.3 is 20.1 Å². The highest BCUT2D eigenvalue weighted by atomic mass is 19.4. The van der Waals surface area contributed by atoms with Gasteiger partial charge in [-0.2, -0.15) is 0 Å². The number of hydrogen-bond acceptors (Lipinski definition) is 5. The number of carbonyl (C=O) groups excluding carboxylic acids is 2. The minimum atomic E-state index is -4.81. The Labute approximate surface area is 183 Å². The third kappa shape index (κ3) is 6.96. The van der Waals surface area contributed by atoms with E-state index in [1.807, 2.05) is 31.2 Å². The topological polar surface area (TPSA) is 79.9 Å². The quantitative estimate of drug-likeness (QED) is 0.660. The predicted octanol–water partition coefficient (Wildman–Crippen LogP) is 3.02. The number of hydrogen-bond donors (Lipinski definition) is 2. The van der Waals surface area contributed by atoms with Crippen LogP contribution in [0.5, 0.6) is 5.75 Å². The largest absolute Gasteiger partial charge is 0.573 e. The van der Waals surface area contributed by atoms with E-state index in [1.54, 1.807) is 0 Å². The van der Waals surface area contributed by atoms with Crippen LogP contribution in [0.4, 0.5) is 18.9 Å². The van der Waals surface area contributed by atoms with Crippen LogP contribution in [0.1, 0.15) is 17.2 Å². The molecule has 1 atom stereocenters. The number of aryl methyl sites for hydroxylation is 1. The molecule has 32 heavy (non-hydrogen) atoms. The lowest BCUT2D eigenvalue weighted by Gasteiger charge is -2.35. The van der Waals surface area contributed by atoms with E-state index in [0.29, 0.717) is 26.3 Å². The molecule has 0 aliphatic carbocycles. The fraction of sp³-hybridized carbons (Fsp3) is 0.364. The highest BCUT2D eigenvalue weighted by molar-refractivity contribution is 6.39. The lowest BCUT2D eigenvalue weighted by Crippen LogP contribution is -2.45. The van der Waals surface area contributed by atoms with Gasteiger partial charge in [-0.3, -0.25) is 14.5 Å². The summed E-state index contributed by atoms with van der Waals surface area (Å²) in [5, 5.41) is 5.01. The summed E-state index contributed by atoms with van der Waals surface area (Å²) >= 11 is 0. The van der Waals surface area contributed by atoms with Crippen LogP contribution in [0.2, 0.25) is 0 Å². The maximum absolute atomic E-state index is 12.3. The SMILES string of the molecule is Cc1ccc([C@@H](CNC(=O)C(=O)Nc2ccc(OC(F)(F)F)cc2)N2CCOCC2)cc1. The summed E-state index contributed by atoms with van der Waals surface area (Å²) in [6.45, 7) is 4.78. The van der Waals surface area contributed by atoms with Crippen LogP contribution in [-0.4, -0.2) is 55.9 Å². The van der Waals surface area contributed by atoms with Crippen LogP contribution in [0.3, 0.4) is 0 Å². The molecule has 2 amide bonds. The number of benzene rings is 2. The first-order chi connectivity index (χ1) is 15.2. The van der Waals surface area contributed by atoms with Gasteiger partial charge in [0.1, 0.15) is 5.75 Å². The lowest BCUT2D eigenvalue weighted by molar-refractivity contribution is -0.274. The zero-order chi connectivity index (χ0) is 23.1. The van der Waals surface area contributed by atoms with Gasteiger partial charge in [0.05, 0.1) is 19.3 Å². The number of carbonyl (C=O) groups is 2. The highest BCUT2D eigenvalue weighted by Crippen LogP contribution is 2.24. The summed E-state index contributed by atoms with van der Waals surface area (Å²) in [6.07, 6.45) is -4.81. The van der Waals surface area contributed by atoms with Crippen molar-refractivity contribution < 1.29 is 32.2 Å². The average Bonchev–Trinajstić information content (AvgIpc) is 2.76. The van der Waals surface area contributed by atoms with Crippen molar-refractivity contribution in [3.63, 3.8) is 0 Å². The summed E-state index contributed by atoms with van der Waals surface area (Å²) < 4.78 is 45.9. The monoisotopic (exact) mass is 451 g/mol. The molecule has 0 spiro atoms. The summed E-state index contributed by atoms with van der Waals surface area (Å²) in [7, 11) is 0. The van der Waals surface area contributed by atoms with E-state index >= 15 is 0 Å². The molecular weight excluding hydrogens is 427 g/mol. The lowest BCUT2D eigenvalue weighted by atomic mass is 10.0. The minimum absolute atomic E-state index is 0.130. The average molecular weight is 451 g/mol. The molecule has 1 saturated heterocycles. The minimum Gasteiger partial charge on any atom is -0.406 e. The Morgan fingerprint density at radius 1 is 1.03 bits per heavy atom. The Kier molecular flexibility index (Phi) is 7.70. The molecule has 0 bridgehead atoms. The summed E-state index contributed by atoms with van der Waals surface area (Å²) in [5.41, 5.74) is 2.30. The van der Waals surface area contributed by atoms with Crippen LogP contribution in [-0.2, 0) is 14.3 Å². The molecule has 1 heterocycles. The van der Waals surface area contributed by atoms with E-state index in [1.165, 1.54) is 12.1 Å². The van der Waals surface area contributed by atoms with Crippen molar-refractivity contribution in [1.29, 1.82) is 0 Å². The number of halogens is 3. The van der Waals surface area contributed by atoms with E-state index in [4.69, 9.17) is 4.74 Å². The van der Waals surface area contributed by atoms with Crippen LogP contribution in [0, 0.1) is 6.92 Å². The van der Waals surface area contributed by atoms with Crippen LogP contribution in [0.25, 0.3) is 0 Å².